The first-order chi connectivity index (χ1) is 9.97. The van der Waals surface area contributed by atoms with E-state index in [4.69, 9.17) is 0 Å². The number of hydrogen-bond acceptors (Lipinski definition) is 4. The third kappa shape index (κ3) is 4.53. The number of amides is 1. The van der Waals surface area contributed by atoms with E-state index in [1.54, 1.807) is 11.3 Å². The number of rotatable bonds is 5. The molecule has 2 heterocycles. The normalized spacial score (nSPS) is 25.0. The van der Waals surface area contributed by atoms with Gasteiger partial charge in [0, 0.05) is 11.4 Å². The second-order valence-corrected chi connectivity index (χ2v) is 7.35. The van der Waals surface area contributed by atoms with Crippen LogP contribution >= 0.6 is 11.3 Å². The van der Waals surface area contributed by atoms with Crippen LogP contribution in [0.15, 0.2) is 17.5 Å². The number of nitrogens with zero attached hydrogens (tertiary/aromatic N) is 1. The molecule has 1 aliphatic heterocycles. The van der Waals surface area contributed by atoms with Crippen molar-refractivity contribution in [3.8, 4) is 0 Å². The first-order valence-electron chi connectivity index (χ1n) is 7.70. The molecular weight excluding hydrogens is 284 g/mol. The summed E-state index contributed by atoms with van der Waals surface area (Å²) in [5, 5.41) is 15.1. The van der Waals surface area contributed by atoms with E-state index in [-0.39, 0.29) is 18.1 Å². The van der Waals surface area contributed by atoms with Crippen molar-refractivity contribution in [3.63, 3.8) is 0 Å². The van der Waals surface area contributed by atoms with Crippen LogP contribution in [0.4, 0.5) is 0 Å². The molecule has 0 bridgehead atoms. The summed E-state index contributed by atoms with van der Waals surface area (Å²) in [6.45, 7) is 8.16. The number of aliphatic hydroxyl groups excluding tert-OH is 1. The van der Waals surface area contributed by atoms with Gasteiger partial charge in [0.25, 0.3) is 0 Å². The van der Waals surface area contributed by atoms with E-state index in [1.165, 1.54) is 4.88 Å². The maximum Gasteiger partial charge on any atom is 0.234 e. The van der Waals surface area contributed by atoms with E-state index in [9.17, 15) is 9.90 Å². The molecule has 0 aliphatic carbocycles. The van der Waals surface area contributed by atoms with Gasteiger partial charge in [-0.3, -0.25) is 9.69 Å². The lowest BCUT2D eigenvalue weighted by atomic mass is 9.96. The molecule has 5 heteroatoms. The summed E-state index contributed by atoms with van der Waals surface area (Å²) >= 11 is 1.68. The number of carbonyl (C=O) groups is 1. The van der Waals surface area contributed by atoms with Crippen molar-refractivity contribution >= 4 is 17.2 Å². The van der Waals surface area contributed by atoms with E-state index in [2.05, 4.69) is 32.2 Å². The fraction of sp³-hybridized carbons (Fsp3) is 0.688. The van der Waals surface area contributed by atoms with E-state index >= 15 is 0 Å². The van der Waals surface area contributed by atoms with Crippen molar-refractivity contribution in [1.82, 2.24) is 10.2 Å². The summed E-state index contributed by atoms with van der Waals surface area (Å²) in [4.78, 5) is 15.5. The number of nitrogens with one attached hydrogen (secondary N) is 1. The van der Waals surface area contributed by atoms with Gasteiger partial charge in [-0.1, -0.05) is 26.8 Å². The number of likely N-dealkylation sites (tertiary alicyclic amines) is 1. The van der Waals surface area contributed by atoms with Crippen molar-refractivity contribution in [2.24, 2.45) is 11.8 Å². The largest absolute Gasteiger partial charge is 0.392 e. The Balaban J connectivity index is 1.88. The van der Waals surface area contributed by atoms with Crippen LogP contribution in [0.3, 0.4) is 0 Å². The second-order valence-electron chi connectivity index (χ2n) is 6.37. The van der Waals surface area contributed by atoms with Crippen LogP contribution in [-0.4, -0.2) is 41.7 Å². The first kappa shape index (κ1) is 16.5. The molecule has 1 fully saturated rings. The highest BCUT2D eigenvalue weighted by Gasteiger charge is 2.26. The molecule has 1 amide bonds. The molecule has 0 saturated carbocycles. The SMILES string of the molecule is CC(C)C(NC(=O)CN1CCC(C)C(O)C1)c1cccs1. The highest BCUT2D eigenvalue weighted by atomic mass is 32.1. The van der Waals surface area contributed by atoms with Gasteiger partial charge in [0.1, 0.15) is 0 Å². The molecule has 21 heavy (non-hydrogen) atoms. The molecule has 4 nitrogen and oxygen atoms in total. The lowest BCUT2D eigenvalue weighted by Crippen LogP contribution is -2.47. The monoisotopic (exact) mass is 310 g/mol. The molecule has 0 spiro atoms. The molecule has 0 radical (unpaired) electrons. The molecule has 0 aromatic carbocycles. The predicted molar refractivity (Wildman–Crippen MR) is 86.3 cm³/mol. The Hall–Kier alpha value is -0.910. The Morgan fingerprint density at radius 3 is 2.90 bits per heavy atom. The van der Waals surface area contributed by atoms with Gasteiger partial charge >= 0.3 is 0 Å². The number of carbonyl (C=O) groups excluding carboxylic acids is 1. The molecule has 3 atom stereocenters. The lowest BCUT2D eigenvalue weighted by Gasteiger charge is -2.34. The topological polar surface area (TPSA) is 52.6 Å². The molecule has 118 valence electrons. The zero-order valence-corrected chi connectivity index (χ0v) is 13.9. The lowest BCUT2D eigenvalue weighted by molar-refractivity contribution is -0.124. The summed E-state index contributed by atoms with van der Waals surface area (Å²) in [5.74, 6) is 0.738. The van der Waals surface area contributed by atoms with Crippen molar-refractivity contribution in [2.45, 2.75) is 39.3 Å². The number of hydrogen-bond donors (Lipinski definition) is 2. The molecule has 1 saturated heterocycles. The van der Waals surface area contributed by atoms with Crippen molar-refractivity contribution in [2.75, 3.05) is 19.6 Å². The zero-order valence-electron chi connectivity index (χ0n) is 13.1. The molecule has 2 rings (SSSR count). The summed E-state index contributed by atoms with van der Waals surface area (Å²) < 4.78 is 0. The van der Waals surface area contributed by atoms with Crippen LogP contribution < -0.4 is 5.32 Å². The van der Waals surface area contributed by atoms with E-state index < -0.39 is 0 Å². The van der Waals surface area contributed by atoms with Crippen LogP contribution in [0.25, 0.3) is 0 Å². The number of β-amino-alcohol motifs (C(OH)–C–C–N with tert-alkyl or cyclic N) is 1. The van der Waals surface area contributed by atoms with Crippen LogP contribution in [0.2, 0.25) is 0 Å². The maximum absolute atomic E-state index is 12.3. The van der Waals surface area contributed by atoms with Gasteiger partial charge in [-0.05, 0) is 36.2 Å². The molecule has 1 aliphatic rings. The first-order valence-corrected chi connectivity index (χ1v) is 8.58. The van der Waals surface area contributed by atoms with Crippen LogP contribution in [0.1, 0.15) is 38.1 Å². The Bertz CT molecular complexity index is 447. The van der Waals surface area contributed by atoms with Crippen molar-refractivity contribution in [3.05, 3.63) is 22.4 Å². The third-order valence-electron chi connectivity index (χ3n) is 4.20. The highest BCUT2D eigenvalue weighted by molar-refractivity contribution is 7.10. The highest BCUT2D eigenvalue weighted by Crippen LogP contribution is 2.25. The average molecular weight is 310 g/mol. The maximum atomic E-state index is 12.3. The standard InChI is InChI=1S/C16H26N2O2S/c1-11(2)16(14-5-4-8-21-14)17-15(20)10-18-7-6-12(3)13(19)9-18/h4-5,8,11-13,16,19H,6-7,9-10H2,1-3H3,(H,17,20). The molecule has 2 N–H and O–H groups in total. The summed E-state index contributed by atoms with van der Waals surface area (Å²) in [6.07, 6.45) is 0.636. The fourth-order valence-corrected chi connectivity index (χ4v) is 3.66. The molecule has 1 aromatic rings. The van der Waals surface area contributed by atoms with Gasteiger partial charge in [-0.2, -0.15) is 0 Å². The van der Waals surface area contributed by atoms with Crippen LogP contribution in [0, 0.1) is 11.8 Å². The molecule has 1 aromatic heterocycles. The summed E-state index contributed by atoms with van der Waals surface area (Å²) in [5.41, 5.74) is 0. The smallest absolute Gasteiger partial charge is 0.234 e. The van der Waals surface area contributed by atoms with Gasteiger partial charge in [-0.15, -0.1) is 11.3 Å². The minimum Gasteiger partial charge on any atom is -0.392 e. The third-order valence-corrected chi connectivity index (χ3v) is 5.16. The molecular formula is C16H26N2O2S. The Morgan fingerprint density at radius 1 is 1.57 bits per heavy atom. The number of piperidine rings is 1. The minimum absolute atomic E-state index is 0.0452. The van der Waals surface area contributed by atoms with Gasteiger partial charge in [0.2, 0.25) is 5.91 Å². The average Bonchev–Trinajstić information content (AvgIpc) is 2.93. The van der Waals surface area contributed by atoms with E-state index in [1.807, 2.05) is 16.3 Å². The van der Waals surface area contributed by atoms with Gasteiger partial charge < -0.3 is 10.4 Å². The van der Waals surface area contributed by atoms with Crippen LogP contribution in [-0.2, 0) is 4.79 Å². The minimum atomic E-state index is -0.315. The number of thiophene rings is 1. The summed E-state index contributed by atoms with van der Waals surface area (Å²) in [7, 11) is 0. The Labute approximate surface area is 131 Å². The van der Waals surface area contributed by atoms with Crippen molar-refractivity contribution in [1.29, 1.82) is 0 Å². The van der Waals surface area contributed by atoms with Crippen molar-refractivity contribution < 1.29 is 9.90 Å². The van der Waals surface area contributed by atoms with Gasteiger partial charge in [0.05, 0.1) is 18.7 Å². The summed E-state index contributed by atoms with van der Waals surface area (Å²) in [6, 6.07) is 4.16. The Morgan fingerprint density at radius 2 is 2.33 bits per heavy atom. The fourth-order valence-electron chi connectivity index (χ4n) is 2.71. The zero-order chi connectivity index (χ0) is 15.4. The second kappa shape index (κ2) is 7.38. The predicted octanol–water partition coefficient (Wildman–Crippen LogP) is 2.26. The Kier molecular flexibility index (Phi) is 5.79. The van der Waals surface area contributed by atoms with Gasteiger partial charge in [0.15, 0.2) is 0 Å². The van der Waals surface area contributed by atoms with E-state index in [0.29, 0.717) is 24.9 Å². The van der Waals surface area contributed by atoms with Gasteiger partial charge in [-0.25, -0.2) is 0 Å². The van der Waals surface area contributed by atoms with Crippen LogP contribution in [0.5, 0.6) is 0 Å². The number of aliphatic hydroxyl groups is 1. The van der Waals surface area contributed by atoms with E-state index in [0.717, 1.165) is 13.0 Å². The molecule has 3 unspecified atom stereocenters. The quantitative estimate of drug-likeness (QED) is 0.877.